The van der Waals surface area contributed by atoms with Crippen LogP contribution in [0.15, 0.2) is 16.6 Å². The summed E-state index contributed by atoms with van der Waals surface area (Å²) in [5.74, 6) is -0.254. The van der Waals surface area contributed by atoms with E-state index in [-0.39, 0.29) is 17.3 Å². The zero-order valence-corrected chi connectivity index (χ0v) is 12.3. The van der Waals surface area contributed by atoms with Crippen LogP contribution in [0, 0.1) is 22.5 Å². The SMILES string of the molecule is Cc1cc(Br)cc([N+](=O)[O-])c1NC(=O)C(C)(C)C. The number of anilines is 1. The maximum Gasteiger partial charge on any atom is 0.294 e. The monoisotopic (exact) mass is 314 g/mol. The topological polar surface area (TPSA) is 72.2 Å². The molecule has 1 amide bonds. The molecule has 0 saturated carbocycles. The first kappa shape index (κ1) is 14.6. The summed E-state index contributed by atoms with van der Waals surface area (Å²) in [6.07, 6.45) is 0. The van der Waals surface area contributed by atoms with Crippen molar-refractivity contribution in [2.45, 2.75) is 27.7 Å². The molecule has 0 aliphatic heterocycles. The molecule has 0 saturated heterocycles. The molecular weight excluding hydrogens is 300 g/mol. The van der Waals surface area contributed by atoms with Gasteiger partial charge >= 0.3 is 0 Å². The van der Waals surface area contributed by atoms with Crippen LogP contribution in [0.4, 0.5) is 11.4 Å². The first-order valence-electron chi connectivity index (χ1n) is 5.39. The molecule has 0 heterocycles. The Morgan fingerprint density at radius 3 is 2.39 bits per heavy atom. The van der Waals surface area contributed by atoms with Crippen molar-refractivity contribution < 1.29 is 9.72 Å². The lowest BCUT2D eigenvalue weighted by Crippen LogP contribution is -2.28. The van der Waals surface area contributed by atoms with Gasteiger partial charge in [0.2, 0.25) is 5.91 Å². The number of benzene rings is 1. The van der Waals surface area contributed by atoms with Gasteiger partial charge in [0.1, 0.15) is 5.69 Å². The number of rotatable bonds is 2. The molecule has 1 rings (SSSR count). The second-order valence-corrected chi connectivity index (χ2v) is 5.99. The average Bonchev–Trinajstić information content (AvgIpc) is 2.19. The summed E-state index contributed by atoms with van der Waals surface area (Å²) in [6, 6.07) is 3.11. The molecule has 0 atom stereocenters. The molecule has 6 heteroatoms. The number of hydrogen-bond acceptors (Lipinski definition) is 3. The molecule has 0 radical (unpaired) electrons. The van der Waals surface area contributed by atoms with Gasteiger partial charge in [-0.1, -0.05) is 36.7 Å². The van der Waals surface area contributed by atoms with Crippen LogP contribution < -0.4 is 5.32 Å². The van der Waals surface area contributed by atoms with Gasteiger partial charge in [-0.3, -0.25) is 14.9 Å². The minimum Gasteiger partial charge on any atom is -0.320 e. The summed E-state index contributed by atoms with van der Waals surface area (Å²) in [7, 11) is 0. The lowest BCUT2D eigenvalue weighted by Gasteiger charge is -2.18. The van der Waals surface area contributed by atoms with E-state index in [1.54, 1.807) is 33.8 Å². The summed E-state index contributed by atoms with van der Waals surface area (Å²) in [5, 5.41) is 13.6. The van der Waals surface area contributed by atoms with E-state index in [1.807, 2.05) is 0 Å². The summed E-state index contributed by atoms with van der Waals surface area (Å²) in [6.45, 7) is 6.98. The number of amides is 1. The van der Waals surface area contributed by atoms with Crippen molar-refractivity contribution in [3.05, 3.63) is 32.3 Å². The number of carbonyl (C=O) groups excluding carboxylic acids is 1. The number of halogens is 1. The third-order valence-corrected chi connectivity index (χ3v) is 2.85. The van der Waals surface area contributed by atoms with Gasteiger partial charge < -0.3 is 5.32 Å². The predicted molar refractivity (Wildman–Crippen MR) is 73.6 cm³/mol. The van der Waals surface area contributed by atoms with Crippen molar-refractivity contribution in [1.29, 1.82) is 0 Å². The third-order valence-electron chi connectivity index (χ3n) is 2.40. The van der Waals surface area contributed by atoms with Crippen LogP contribution >= 0.6 is 15.9 Å². The van der Waals surface area contributed by atoms with Gasteiger partial charge in [-0.2, -0.15) is 0 Å². The number of hydrogen-bond donors (Lipinski definition) is 1. The second-order valence-electron chi connectivity index (χ2n) is 5.08. The molecule has 0 unspecified atom stereocenters. The first-order chi connectivity index (χ1) is 8.12. The van der Waals surface area contributed by atoms with Crippen LogP contribution in [-0.4, -0.2) is 10.8 Å². The molecule has 98 valence electrons. The maximum absolute atomic E-state index is 11.9. The fourth-order valence-corrected chi connectivity index (χ4v) is 1.89. The molecule has 0 aliphatic rings. The average molecular weight is 315 g/mol. The predicted octanol–water partition coefficient (Wildman–Crippen LogP) is 3.65. The highest BCUT2D eigenvalue weighted by Crippen LogP contribution is 2.33. The Morgan fingerprint density at radius 1 is 1.39 bits per heavy atom. The standard InChI is InChI=1S/C12H15BrN2O3/c1-7-5-8(13)6-9(15(17)18)10(7)14-11(16)12(2,3)4/h5-6H,1-4H3,(H,14,16). The van der Waals surface area contributed by atoms with E-state index in [4.69, 9.17) is 0 Å². The second kappa shape index (κ2) is 5.06. The zero-order valence-electron chi connectivity index (χ0n) is 10.7. The van der Waals surface area contributed by atoms with Crippen molar-refractivity contribution in [2.75, 3.05) is 5.32 Å². The molecule has 0 spiro atoms. The number of nitrogens with zero attached hydrogens (tertiary/aromatic N) is 1. The Balaban J connectivity index is 3.24. The number of nitro groups is 1. The Kier molecular flexibility index (Phi) is 4.11. The summed E-state index contributed by atoms with van der Waals surface area (Å²) in [5.41, 5.74) is 0.184. The molecule has 1 aromatic carbocycles. The molecule has 1 N–H and O–H groups in total. The number of carbonyl (C=O) groups is 1. The van der Waals surface area contributed by atoms with E-state index in [1.165, 1.54) is 6.07 Å². The summed E-state index contributed by atoms with van der Waals surface area (Å²) >= 11 is 3.20. The minimum atomic E-state index is -0.604. The van der Waals surface area contributed by atoms with E-state index in [0.29, 0.717) is 10.0 Å². The highest BCUT2D eigenvalue weighted by Gasteiger charge is 2.25. The van der Waals surface area contributed by atoms with E-state index in [0.717, 1.165) is 0 Å². The normalized spacial score (nSPS) is 11.2. The molecule has 5 nitrogen and oxygen atoms in total. The molecule has 0 aliphatic carbocycles. The van der Waals surface area contributed by atoms with Crippen molar-refractivity contribution in [1.82, 2.24) is 0 Å². The third kappa shape index (κ3) is 3.29. The molecule has 1 aromatic rings. The quantitative estimate of drug-likeness (QED) is 0.669. The Bertz CT molecular complexity index is 507. The van der Waals surface area contributed by atoms with Gasteiger partial charge in [-0.15, -0.1) is 0 Å². The van der Waals surface area contributed by atoms with Crippen LogP contribution in [0.5, 0.6) is 0 Å². The molecule has 18 heavy (non-hydrogen) atoms. The molecule has 0 bridgehead atoms. The van der Waals surface area contributed by atoms with Gasteiger partial charge in [-0.25, -0.2) is 0 Å². The summed E-state index contributed by atoms with van der Waals surface area (Å²) in [4.78, 5) is 22.4. The maximum atomic E-state index is 11.9. The summed E-state index contributed by atoms with van der Waals surface area (Å²) < 4.78 is 0.612. The van der Waals surface area contributed by atoms with Gasteiger partial charge in [0.05, 0.1) is 4.92 Å². The minimum absolute atomic E-state index is 0.112. The fourth-order valence-electron chi connectivity index (χ4n) is 1.33. The Labute approximate surface area is 114 Å². The van der Waals surface area contributed by atoms with Crippen LogP contribution in [0.2, 0.25) is 0 Å². The van der Waals surface area contributed by atoms with Crippen molar-refractivity contribution in [3.63, 3.8) is 0 Å². The lowest BCUT2D eigenvalue weighted by molar-refractivity contribution is -0.384. The fraction of sp³-hybridized carbons (Fsp3) is 0.417. The molecular formula is C12H15BrN2O3. The number of nitrogens with one attached hydrogen (secondary N) is 1. The smallest absolute Gasteiger partial charge is 0.294 e. The van der Waals surface area contributed by atoms with Crippen molar-refractivity contribution in [3.8, 4) is 0 Å². The van der Waals surface area contributed by atoms with Crippen molar-refractivity contribution in [2.24, 2.45) is 5.41 Å². The van der Waals surface area contributed by atoms with E-state index in [9.17, 15) is 14.9 Å². The zero-order chi connectivity index (χ0) is 14.1. The van der Waals surface area contributed by atoms with E-state index < -0.39 is 10.3 Å². The van der Waals surface area contributed by atoms with Gasteiger partial charge in [0.25, 0.3) is 5.69 Å². The van der Waals surface area contributed by atoms with E-state index in [2.05, 4.69) is 21.2 Å². The Morgan fingerprint density at radius 2 is 1.94 bits per heavy atom. The van der Waals surface area contributed by atoms with Crippen molar-refractivity contribution >= 4 is 33.2 Å². The van der Waals surface area contributed by atoms with Gasteiger partial charge in [-0.05, 0) is 18.6 Å². The lowest BCUT2D eigenvalue weighted by atomic mass is 9.95. The molecule has 0 fully saturated rings. The van der Waals surface area contributed by atoms with Crippen LogP contribution in [0.1, 0.15) is 26.3 Å². The number of nitro benzene ring substituents is 1. The van der Waals surface area contributed by atoms with Crippen LogP contribution in [-0.2, 0) is 4.79 Å². The van der Waals surface area contributed by atoms with Crippen LogP contribution in [0.3, 0.4) is 0 Å². The Hall–Kier alpha value is -1.43. The molecule has 0 aromatic heterocycles. The highest BCUT2D eigenvalue weighted by molar-refractivity contribution is 9.10. The largest absolute Gasteiger partial charge is 0.320 e. The van der Waals surface area contributed by atoms with E-state index >= 15 is 0 Å². The van der Waals surface area contributed by atoms with Gasteiger partial charge in [0, 0.05) is 16.0 Å². The van der Waals surface area contributed by atoms with Gasteiger partial charge in [0.15, 0.2) is 0 Å². The number of aryl methyl sites for hydroxylation is 1. The first-order valence-corrected chi connectivity index (χ1v) is 6.18. The van der Waals surface area contributed by atoms with Crippen LogP contribution in [0.25, 0.3) is 0 Å². The highest BCUT2D eigenvalue weighted by atomic mass is 79.9.